The molecule has 0 radical (unpaired) electrons. The van der Waals surface area contributed by atoms with Crippen molar-refractivity contribution in [2.24, 2.45) is 11.8 Å². The van der Waals surface area contributed by atoms with Crippen molar-refractivity contribution in [3.8, 4) is 0 Å². The van der Waals surface area contributed by atoms with Crippen LogP contribution in [0.1, 0.15) is 79.1 Å². The van der Waals surface area contributed by atoms with Crippen LogP contribution in [-0.4, -0.2) is 23.2 Å². The van der Waals surface area contributed by atoms with Gasteiger partial charge in [0.2, 0.25) is 11.6 Å². The van der Waals surface area contributed by atoms with Gasteiger partial charge < -0.3 is 10.4 Å². The van der Waals surface area contributed by atoms with Crippen LogP contribution in [0.4, 0.5) is 0 Å². The summed E-state index contributed by atoms with van der Waals surface area (Å²) in [4.78, 5) is 26.2. The summed E-state index contributed by atoms with van der Waals surface area (Å²) < 4.78 is 0. The number of hydrogen-bond donors (Lipinski definition) is 2. The van der Waals surface area contributed by atoms with Crippen LogP contribution in [0.2, 0.25) is 0 Å². The number of carbonyl (C=O) groups is 2. The average Bonchev–Trinajstić information content (AvgIpc) is 2.61. The maximum Gasteiger partial charge on any atom is 0.225 e. The molecule has 0 spiro atoms. The summed E-state index contributed by atoms with van der Waals surface area (Å²) in [7, 11) is 0. The summed E-state index contributed by atoms with van der Waals surface area (Å²) in [6.07, 6.45) is 9.23. The predicted octanol–water partition coefficient (Wildman–Crippen LogP) is 5.17. The Labute approximate surface area is 163 Å². The normalized spacial score (nSPS) is 21.2. The number of carbonyl (C=O) groups excluding carboxylic acids is 2. The van der Waals surface area contributed by atoms with Gasteiger partial charge in [0.15, 0.2) is 5.76 Å². The van der Waals surface area contributed by atoms with Gasteiger partial charge in [0, 0.05) is 18.0 Å². The van der Waals surface area contributed by atoms with Crippen LogP contribution in [0.3, 0.4) is 0 Å². The number of aliphatic hydroxyl groups excluding tert-OH is 1. The molecule has 150 valence electrons. The Morgan fingerprint density at radius 3 is 2.59 bits per heavy atom. The van der Waals surface area contributed by atoms with E-state index in [1.807, 2.05) is 13.0 Å². The van der Waals surface area contributed by atoms with Crippen molar-refractivity contribution in [3.05, 3.63) is 34.3 Å². The van der Waals surface area contributed by atoms with Crippen molar-refractivity contribution in [1.29, 1.82) is 0 Å². The van der Waals surface area contributed by atoms with E-state index in [-0.39, 0.29) is 23.2 Å². The number of unbranched alkanes of at least 4 members (excludes halogenated alkanes) is 2. The Morgan fingerprint density at radius 2 is 1.96 bits per heavy atom. The Kier molecular flexibility index (Phi) is 7.88. The fourth-order valence-corrected chi connectivity index (χ4v) is 3.90. The van der Waals surface area contributed by atoms with E-state index in [1.54, 1.807) is 0 Å². The Balaban J connectivity index is 2.33. The standard InChI is InChI=1S/C23H35NO3/c1-5-6-7-11-18-20(24-13-12-15(2)3)22(26)19(23(27)21(18)25)17-10-8-9-16(4)14-17/h14-15,17,24,27H,5-13H2,1-4H3. The van der Waals surface area contributed by atoms with Gasteiger partial charge in [-0.15, -0.1) is 0 Å². The minimum atomic E-state index is -0.357. The molecule has 2 aliphatic rings. The lowest BCUT2D eigenvalue weighted by molar-refractivity contribution is -0.119. The molecule has 0 aromatic carbocycles. The van der Waals surface area contributed by atoms with Crippen molar-refractivity contribution < 1.29 is 14.7 Å². The molecular formula is C23H35NO3. The van der Waals surface area contributed by atoms with Crippen LogP contribution in [-0.2, 0) is 9.59 Å². The predicted molar refractivity (Wildman–Crippen MR) is 109 cm³/mol. The van der Waals surface area contributed by atoms with Crippen LogP contribution in [0, 0.1) is 11.8 Å². The fraction of sp³-hybridized carbons (Fsp3) is 0.652. The number of rotatable bonds is 9. The van der Waals surface area contributed by atoms with E-state index in [4.69, 9.17) is 0 Å². The largest absolute Gasteiger partial charge is 0.504 e. The molecule has 0 saturated heterocycles. The smallest absolute Gasteiger partial charge is 0.225 e. The van der Waals surface area contributed by atoms with Gasteiger partial charge in [-0.25, -0.2) is 0 Å². The number of allylic oxidation sites excluding steroid dienone is 4. The van der Waals surface area contributed by atoms with E-state index in [9.17, 15) is 14.7 Å². The summed E-state index contributed by atoms with van der Waals surface area (Å²) in [6.45, 7) is 9.10. The second kappa shape index (κ2) is 9.91. The zero-order valence-corrected chi connectivity index (χ0v) is 17.4. The molecule has 1 unspecified atom stereocenters. The van der Waals surface area contributed by atoms with Gasteiger partial charge in [-0.2, -0.15) is 0 Å². The van der Waals surface area contributed by atoms with Crippen LogP contribution < -0.4 is 5.32 Å². The summed E-state index contributed by atoms with van der Waals surface area (Å²) in [5.41, 5.74) is 2.42. The quantitative estimate of drug-likeness (QED) is 0.332. The molecular weight excluding hydrogens is 338 g/mol. The van der Waals surface area contributed by atoms with Gasteiger partial charge in [-0.1, -0.05) is 45.3 Å². The summed E-state index contributed by atoms with van der Waals surface area (Å²) in [5, 5.41) is 13.9. The molecule has 2 rings (SSSR count). The number of aliphatic hydroxyl groups is 1. The van der Waals surface area contributed by atoms with E-state index in [0.29, 0.717) is 35.7 Å². The lowest BCUT2D eigenvalue weighted by Gasteiger charge is -2.28. The van der Waals surface area contributed by atoms with E-state index in [1.165, 1.54) is 5.57 Å². The zero-order valence-electron chi connectivity index (χ0n) is 17.4. The van der Waals surface area contributed by atoms with Gasteiger partial charge in [0.25, 0.3) is 0 Å². The first-order valence-corrected chi connectivity index (χ1v) is 10.5. The molecule has 27 heavy (non-hydrogen) atoms. The van der Waals surface area contributed by atoms with E-state index >= 15 is 0 Å². The average molecular weight is 374 g/mol. The highest BCUT2D eigenvalue weighted by Gasteiger charge is 2.37. The number of hydrogen-bond acceptors (Lipinski definition) is 4. The molecule has 4 heteroatoms. The monoisotopic (exact) mass is 373 g/mol. The molecule has 2 N–H and O–H groups in total. The molecule has 0 bridgehead atoms. The Bertz CT molecular complexity index is 667. The minimum Gasteiger partial charge on any atom is -0.504 e. The van der Waals surface area contributed by atoms with Gasteiger partial charge in [-0.3, -0.25) is 9.59 Å². The van der Waals surface area contributed by atoms with Crippen LogP contribution >= 0.6 is 0 Å². The van der Waals surface area contributed by atoms with Crippen molar-refractivity contribution in [2.75, 3.05) is 6.54 Å². The second-order valence-corrected chi connectivity index (χ2v) is 8.35. The molecule has 0 aromatic rings. The minimum absolute atomic E-state index is 0.158. The highest BCUT2D eigenvalue weighted by atomic mass is 16.3. The topological polar surface area (TPSA) is 66.4 Å². The molecule has 0 aromatic heterocycles. The zero-order chi connectivity index (χ0) is 20.0. The number of ketones is 2. The van der Waals surface area contributed by atoms with Gasteiger partial charge in [-0.05, 0) is 51.4 Å². The van der Waals surface area contributed by atoms with Crippen LogP contribution in [0.5, 0.6) is 0 Å². The third kappa shape index (κ3) is 5.33. The van der Waals surface area contributed by atoms with Crippen molar-refractivity contribution >= 4 is 11.6 Å². The molecule has 1 atom stereocenters. The van der Waals surface area contributed by atoms with Gasteiger partial charge in [0.05, 0.1) is 11.3 Å². The lowest BCUT2D eigenvalue weighted by Crippen LogP contribution is -2.35. The number of Topliss-reactive ketones (excluding diaryl/α,β-unsaturated/α-hetero) is 2. The third-order valence-electron chi connectivity index (χ3n) is 5.51. The highest BCUT2D eigenvalue weighted by molar-refractivity contribution is 6.24. The van der Waals surface area contributed by atoms with Crippen LogP contribution in [0.15, 0.2) is 34.3 Å². The summed E-state index contributed by atoms with van der Waals surface area (Å²) >= 11 is 0. The molecule has 4 nitrogen and oxygen atoms in total. The SMILES string of the molecule is CCCCCC1=C(NCCC(C)C)C(=O)C(C2C=C(C)CCC2)=C(O)C1=O. The Hall–Kier alpha value is -1.84. The lowest BCUT2D eigenvalue weighted by atomic mass is 9.78. The fourth-order valence-electron chi connectivity index (χ4n) is 3.90. The highest BCUT2D eigenvalue weighted by Crippen LogP contribution is 2.35. The Morgan fingerprint density at radius 1 is 1.22 bits per heavy atom. The maximum absolute atomic E-state index is 13.3. The van der Waals surface area contributed by atoms with E-state index < -0.39 is 0 Å². The second-order valence-electron chi connectivity index (χ2n) is 8.35. The van der Waals surface area contributed by atoms with E-state index in [2.05, 4.69) is 26.1 Å². The number of nitrogens with one attached hydrogen (secondary N) is 1. The molecule has 0 aliphatic heterocycles. The first-order valence-electron chi connectivity index (χ1n) is 10.5. The molecule has 0 amide bonds. The van der Waals surface area contributed by atoms with Crippen molar-refractivity contribution in [1.82, 2.24) is 5.32 Å². The van der Waals surface area contributed by atoms with Crippen LogP contribution in [0.25, 0.3) is 0 Å². The maximum atomic E-state index is 13.3. The first kappa shape index (κ1) is 21.5. The van der Waals surface area contributed by atoms with Gasteiger partial charge in [0.1, 0.15) is 0 Å². The third-order valence-corrected chi connectivity index (χ3v) is 5.51. The molecule has 0 heterocycles. The van der Waals surface area contributed by atoms with E-state index in [0.717, 1.165) is 44.9 Å². The van der Waals surface area contributed by atoms with Gasteiger partial charge >= 0.3 is 0 Å². The summed E-state index contributed by atoms with van der Waals surface area (Å²) in [6, 6.07) is 0. The molecule has 0 fully saturated rings. The van der Waals surface area contributed by atoms with Crippen molar-refractivity contribution in [2.45, 2.75) is 79.1 Å². The molecule has 0 saturated carbocycles. The van der Waals surface area contributed by atoms with Crippen molar-refractivity contribution in [3.63, 3.8) is 0 Å². The molecule has 2 aliphatic carbocycles. The first-order chi connectivity index (χ1) is 12.9. The summed E-state index contributed by atoms with van der Waals surface area (Å²) in [5.74, 6) is -0.503.